The van der Waals surface area contributed by atoms with Gasteiger partial charge in [0.25, 0.3) is 0 Å². The third-order valence-electron chi connectivity index (χ3n) is 1.88. The standard InChI is InChI=1S/C10H9BrF2O/c1-5-3-9(13)7(4-8(5)12)10(14)6(2)11/h3-4,6H,1-2H3. The van der Waals surface area contributed by atoms with Gasteiger partial charge in [-0.1, -0.05) is 15.9 Å². The molecule has 0 aliphatic carbocycles. The van der Waals surface area contributed by atoms with E-state index >= 15 is 0 Å². The number of benzene rings is 1. The zero-order valence-corrected chi connectivity index (χ0v) is 9.36. The lowest BCUT2D eigenvalue weighted by molar-refractivity contribution is 0.0991. The highest BCUT2D eigenvalue weighted by molar-refractivity contribution is 9.10. The lowest BCUT2D eigenvalue weighted by atomic mass is 10.1. The molecule has 76 valence electrons. The Kier molecular flexibility index (Phi) is 3.37. The topological polar surface area (TPSA) is 17.1 Å². The first kappa shape index (κ1) is 11.3. The monoisotopic (exact) mass is 262 g/mol. The highest BCUT2D eigenvalue weighted by Crippen LogP contribution is 2.17. The van der Waals surface area contributed by atoms with Crippen molar-refractivity contribution >= 4 is 21.7 Å². The second-order valence-electron chi connectivity index (χ2n) is 3.06. The van der Waals surface area contributed by atoms with Gasteiger partial charge in [0.05, 0.1) is 10.4 Å². The largest absolute Gasteiger partial charge is 0.293 e. The number of alkyl halides is 1. The van der Waals surface area contributed by atoms with Gasteiger partial charge in [0.2, 0.25) is 0 Å². The van der Waals surface area contributed by atoms with Gasteiger partial charge in [0.15, 0.2) is 5.78 Å². The van der Waals surface area contributed by atoms with Gasteiger partial charge < -0.3 is 0 Å². The fourth-order valence-electron chi connectivity index (χ4n) is 1.05. The third kappa shape index (κ3) is 2.18. The maximum Gasteiger partial charge on any atom is 0.179 e. The van der Waals surface area contributed by atoms with E-state index in [4.69, 9.17) is 0 Å². The molecule has 1 aromatic rings. The van der Waals surface area contributed by atoms with Crippen molar-refractivity contribution < 1.29 is 13.6 Å². The Labute approximate surface area is 89.3 Å². The van der Waals surface area contributed by atoms with Crippen LogP contribution in [-0.2, 0) is 0 Å². The highest BCUT2D eigenvalue weighted by Gasteiger charge is 2.18. The molecule has 14 heavy (non-hydrogen) atoms. The van der Waals surface area contributed by atoms with E-state index in [1.54, 1.807) is 6.92 Å². The van der Waals surface area contributed by atoms with Gasteiger partial charge in [-0.15, -0.1) is 0 Å². The van der Waals surface area contributed by atoms with Crippen molar-refractivity contribution in [2.75, 3.05) is 0 Å². The quantitative estimate of drug-likeness (QED) is 0.591. The Morgan fingerprint density at radius 3 is 2.43 bits per heavy atom. The summed E-state index contributed by atoms with van der Waals surface area (Å²) in [6, 6.07) is 1.96. The molecule has 0 bridgehead atoms. The first-order chi connectivity index (χ1) is 6.43. The van der Waals surface area contributed by atoms with Crippen LogP contribution in [-0.4, -0.2) is 10.6 Å². The smallest absolute Gasteiger partial charge is 0.179 e. The molecule has 1 aromatic carbocycles. The lowest BCUT2D eigenvalue weighted by Crippen LogP contribution is -2.12. The number of aryl methyl sites for hydroxylation is 1. The minimum Gasteiger partial charge on any atom is -0.293 e. The second kappa shape index (κ2) is 4.17. The van der Waals surface area contributed by atoms with Crippen LogP contribution in [0.3, 0.4) is 0 Å². The molecule has 4 heteroatoms. The summed E-state index contributed by atoms with van der Waals surface area (Å²) in [5, 5.41) is 0. The van der Waals surface area contributed by atoms with Gasteiger partial charge in [-0.3, -0.25) is 4.79 Å². The minimum atomic E-state index is -0.680. The predicted molar refractivity (Wildman–Crippen MR) is 53.8 cm³/mol. The van der Waals surface area contributed by atoms with E-state index in [1.807, 2.05) is 0 Å². The summed E-state index contributed by atoms with van der Waals surface area (Å²) in [5.41, 5.74) is -0.0150. The summed E-state index contributed by atoms with van der Waals surface area (Å²) in [6.07, 6.45) is 0. The fourth-order valence-corrected chi connectivity index (χ4v) is 1.30. The van der Waals surface area contributed by atoms with Crippen LogP contribution in [0.25, 0.3) is 0 Å². The van der Waals surface area contributed by atoms with Crippen molar-refractivity contribution in [3.05, 3.63) is 34.9 Å². The number of hydrogen-bond acceptors (Lipinski definition) is 1. The van der Waals surface area contributed by atoms with E-state index < -0.39 is 22.2 Å². The Morgan fingerprint density at radius 2 is 1.93 bits per heavy atom. The normalized spacial score (nSPS) is 12.6. The van der Waals surface area contributed by atoms with Gasteiger partial charge in [-0.25, -0.2) is 8.78 Å². The molecule has 0 heterocycles. The second-order valence-corrected chi connectivity index (χ2v) is 4.44. The summed E-state index contributed by atoms with van der Waals surface area (Å²) in [6.45, 7) is 3.02. The van der Waals surface area contributed by atoms with E-state index in [-0.39, 0.29) is 11.1 Å². The number of hydrogen-bond donors (Lipinski definition) is 0. The van der Waals surface area contributed by atoms with Crippen molar-refractivity contribution in [2.24, 2.45) is 0 Å². The van der Waals surface area contributed by atoms with Crippen LogP contribution >= 0.6 is 15.9 Å². The molecule has 1 unspecified atom stereocenters. The molecule has 0 amide bonds. The third-order valence-corrected chi connectivity index (χ3v) is 2.29. The zero-order valence-electron chi connectivity index (χ0n) is 7.77. The Hall–Kier alpha value is -0.770. The molecule has 0 N–H and O–H groups in total. The number of ketones is 1. The molecule has 1 rings (SSSR count). The van der Waals surface area contributed by atoms with Crippen LogP contribution in [0.2, 0.25) is 0 Å². The average Bonchev–Trinajstić information content (AvgIpc) is 2.10. The van der Waals surface area contributed by atoms with Gasteiger partial charge in [-0.2, -0.15) is 0 Å². The average molecular weight is 263 g/mol. The SMILES string of the molecule is Cc1cc(F)c(C(=O)C(C)Br)cc1F. The van der Waals surface area contributed by atoms with Crippen molar-refractivity contribution in [1.82, 2.24) is 0 Å². The summed E-state index contributed by atoms with van der Waals surface area (Å²) in [7, 11) is 0. The number of halogens is 3. The first-order valence-corrected chi connectivity index (χ1v) is 4.99. The number of rotatable bonds is 2. The summed E-state index contributed by atoms with van der Waals surface area (Å²) >= 11 is 3.02. The minimum absolute atomic E-state index is 0.196. The van der Waals surface area contributed by atoms with Gasteiger partial charge in [0, 0.05) is 0 Å². The van der Waals surface area contributed by atoms with E-state index in [0.29, 0.717) is 0 Å². The molecule has 0 aliphatic heterocycles. The van der Waals surface area contributed by atoms with E-state index in [1.165, 1.54) is 6.92 Å². The summed E-state index contributed by atoms with van der Waals surface area (Å²) in [4.78, 5) is 10.9. The maximum atomic E-state index is 13.2. The molecule has 1 atom stereocenters. The molecule has 0 aliphatic rings. The zero-order chi connectivity index (χ0) is 10.9. The molecule has 0 spiro atoms. The number of carbonyl (C=O) groups is 1. The van der Waals surface area contributed by atoms with Crippen LogP contribution < -0.4 is 0 Å². The van der Waals surface area contributed by atoms with E-state index in [9.17, 15) is 13.6 Å². The van der Waals surface area contributed by atoms with Crippen molar-refractivity contribution in [2.45, 2.75) is 18.7 Å². The lowest BCUT2D eigenvalue weighted by Gasteiger charge is -2.05. The fraction of sp³-hybridized carbons (Fsp3) is 0.300. The highest BCUT2D eigenvalue weighted by atomic mass is 79.9. The van der Waals surface area contributed by atoms with Crippen LogP contribution in [0.4, 0.5) is 8.78 Å². The van der Waals surface area contributed by atoms with E-state index in [2.05, 4.69) is 15.9 Å². The molecule has 0 radical (unpaired) electrons. The molecule has 1 nitrogen and oxygen atoms in total. The van der Waals surface area contributed by atoms with Gasteiger partial charge in [-0.05, 0) is 31.5 Å². The molecule has 0 fully saturated rings. The molecular formula is C10H9BrF2O. The molecular weight excluding hydrogens is 254 g/mol. The van der Waals surface area contributed by atoms with Crippen molar-refractivity contribution in [3.8, 4) is 0 Å². The predicted octanol–water partition coefficient (Wildman–Crippen LogP) is 3.24. The number of carbonyl (C=O) groups excluding carboxylic acids is 1. The molecule has 0 aromatic heterocycles. The molecule has 0 saturated heterocycles. The first-order valence-electron chi connectivity index (χ1n) is 4.07. The number of Topliss-reactive ketones (excluding diaryl/α,β-unsaturated/α-hetero) is 1. The van der Waals surface area contributed by atoms with Crippen LogP contribution in [0, 0.1) is 18.6 Å². The Balaban J connectivity index is 3.22. The Morgan fingerprint density at radius 1 is 1.36 bits per heavy atom. The van der Waals surface area contributed by atoms with Gasteiger partial charge >= 0.3 is 0 Å². The van der Waals surface area contributed by atoms with Crippen LogP contribution in [0.1, 0.15) is 22.8 Å². The van der Waals surface area contributed by atoms with Gasteiger partial charge in [0.1, 0.15) is 11.6 Å². The van der Waals surface area contributed by atoms with Crippen LogP contribution in [0.5, 0.6) is 0 Å². The molecule has 0 saturated carbocycles. The Bertz CT molecular complexity index is 375. The van der Waals surface area contributed by atoms with E-state index in [0.717, 1.165) is 12.1 Å². The summed E-state index contributed by atoms with van der Waals surface area (Å²) in [5.74, 6) is -1.70. The van der Waals surface area contributed by atoms with Crippen molar-refractivity contribution in [3.63, 3.8) is 0 Å². The maximum absolute atomic E-state index is 13.2. The summed E-state index contributed by atoms with van der Waals surface area (Å²) < 4.78 is 26.3. The van der Waals surface area contributed by atoms with Crippen molar-refractivity contribution in [1.29, 1.82) is 0 Å². The van der Waals surface area contributed by atoms with Crippen LogP contribution in [0.15, 0.2) is 12.1 Å².